The minimum absolute atomic E-state index is 0.00647. The number of nitrogens with zero attached hydrogens (tertiary/aromatic N) is 3. The molecule has 8 nitrogen and oxygen atoms in total. The predicted octanol–water partition coefficient (Wildman–Crippen LogP) is 3.66. The van der Waals surface area contributed by atoms with Gasteiger partial charge in [0.25, 0.3) is 0 Å². The number of ether oxygens (including phenoxy) is 2. The van der Waals surface area contributed by atoms with E-state index in [2.05, 4.69) is 41.9 Å². The quantitative estimate of drug-likeness (QED) is 0.230. The van der Waals surface area contributed by atoms with Gasteiger partial charge in [-0.15, -0.1) is 0 Å². The maximum absolute atomic E-state index is 6.33. The zero-order chi connectivity index (χ0) is 20.1. The van der Waals surface area contributed by atoms with Crippen molar-refractivity contribution in [1.82, 2.24) is 9.66 Å². The van der Waals surface area contributed by atoms with Crippen molar-refractivity contribution in [2.75, 3.05) is 31.6 Å². The maximum atomic E-state index is 6.33. The summed E-state index contributed by atoms with van der Waals surface area (Å²) in [5, 5.41) is 3.83. The van der Waals surface area contributed by atoms with Crippen molar-refractivity contribution in [3.8, 4) is 11.5 Å². The highest BCUT2D eigenvalue weighted by atomic mass is 127. The first-order valence-corrected chi connectivity index (χ1v) is 12.2. The Kier molecular flexibility index (Phi) is 7.55. The van der Waals surface area contributed by atoms with Crippen LogP contribution in [0.5, 0.6) is 11.5 Å². The number of nitrogens with one attached hydrogen (secondary N) is 2. The second-order valence-electron chi connectivity index (χ2n) is 6.01. The number of anilines is 1. The summed E-state index contributed by atoms with van der Waals surface area (Å²) in [4.78, 5) is 9.09. The lowest BCUT2D eigenvalue weighted by Crippen LogP contribution is -2.33. The average molecular weight is 538 g/mol. The van der Waals surface area contributed by atoms with Gasteiger partial charge in [0.05, 0.1) is 36.6 Å². The van der Waals surface area contributed by atoms with Crippen LogP contribution in [0, 0.1) is 6.92 Å². The molecule has 2 N–H and O–H groups in total. The van der Waals surface area contributed by atoms with Crippen LogP contribution in [0.4, 0.5) is 5.82 Å². The molecule has 0 saturated carbocycles. The largest absolute Gasteiger partial charge is 0.497 e. The Morgan fingerprint density at radius 2 is 2.18 bits per heavy atom. The molecule has 0 bridgehead atoms. The number of fused-ring (bicyclic) bond motifs is 1. The van der Waals surface area contributed by atoms with E-state index < -0.39 is 0 Å². The number of rotatable bonds is 8. The fourth-order valence-electron chi connectivity index (χ4n) is 2.81. The number of methoxy groups -OCH3 is 2. The zero-order valence-corrected chi connectivity index (χ0v) is 19.4. The molecule has 3 rings (SSSR count). The fourth-order valence-corrected chi connectivity index (χ4v) is 3.68. The predicted molar refractivity (Wildman–Crippen MR) is 120 cm³/mol. The summed E-state index contributed by atoms with van der Waals surface area (Å²) in [5.41, 5.74) is 5.63. The first kappa shape index (κ1) is 21.3. The molecule has 1 unspecified atom stereocenters. The van der Waals surface area contributed by atoms with Gasteiger partial charge in [-0.3, -0.25) is 5.43 Å². The third-order valence-corrected chi connectivity index (χ3v) is 5.69. The van der Waals surface area contributed by atoms with Crippen molar-refractivity contribution in [1.29, 1.82) is 0 Å². The summed E-state index contributed by atoms with van der Waals surface area (Å²) in [7, 11) is 4.57. The van der Waals surface area contributed by atoms with E-state index in [0.717, 1.165) is 29.1 Å². The first-order chi connectivity index (χ1) is 13.6. The molecule has 11 heteroatoms. The molecular formula is C17H21ClIN5O3S. The monoisotopic (exact) mass is 537 g/mol. The number of hydrogen-bond donors (Lipinski definition) is 2. The first-order valence-electron chi connectivity index (χ1n) is 8.51. The Morgan fingerprint density at radius 3 is 2.89 bits per heavy atom. The van der Waals surface area contributed by atoms with Crippen LogP contribution in [0.1, 0.15) is 17.5 Å². The number of hydrogen-bond acceptors (Lipinski definition) is 8. The standard InChI is InChI=1S/C17H21ClIN5O3S/c1-10-15(18)22-17(24-16(10)21-14(23-24)6-7-27-28-19)20-9-11-4-5-12(25-2)8-13(11)26-3/h4-5,8,14,21,23H,6-7,9H2,1-3H3. The summed E-state index contributed by atoms with van der Waals surface area (Å²) in [6.07, 6.45) is 0.785. The molecule has 1 aliphatic heterocycles. The summed E-state index contributed by atoms with van der Waals surface area (Å²) < 4.78 is 17.9. The van der Waals surface area contributed by atoms with E-state index in [1.54, 1.807) is 14.2 Å². The van der Waals surface area contributed by atoms with Gasteiger partial charge in [-0.05, 0) is 19.1 Å². The highest BCUT2D eigenvalue weighted by molar-refractivity contribution is 14.2. The topological polar surface area (TPSA) is 81.9 Å². The van der Waals surface area contributed by atoms with Gasteiger partial charge in [0.2, 0.25) is 5.62 Å². The molecule has 1 aromatic carbocycles. The third kappa shape index (κ3) is 4.78. The summed E-state index contributed by atoms with van der Waals surface area (Å²) in [6, 6.07) is 5.63. The highest BCUT2D eigenvalue weighted by Crippen LogP contribution is 2.26. The summed E-state index contributed by atoms with van der Waals surface area (Å²) in [5.74, 6) is 2.29. The van der Waals surface area contributed by atoms with Gasteiger partial charge >= 0.3 is 0 Å². The van der Waals surface area contributed by atoms with Gasteiger partial charge in [0.15, 0.2) is 0 Å². The molecule has 152 valence electrons. The summed E-state index contributed by atoms with van der Waals surface area (Å²) >= 11 is 8.43. The molecule has 0 spiro atoms. The highest BCUT2D eigenvalue weighted by Gasteiger charge is 2.23. The molecule has 0 amide bonds. The van der Waals surface area contributed by atoms with Gasteiger partial charge in [0.1, 0.15) is 28.6 Å². The minimum atomic E-state index is 0.00647. The molecule has 1 aromatic heterocycles. The second-order valence-corrected chi connectivity index (χ2v) is 7.80. The zero-order valence-electron chi connectivity index (χ0n) is 15.7. The van der Waals surface area contributed by atoms with Crippen LogP contribution in [-0.2, 0) is 10.7 Å². The number of aromatic nitrogens is 2. The van der Waals surface area contributed by atoms with Crippen LogP contribution in [0.15, 0.2) is 23.2 Å². The fraction of sp³-hybridized carbons (Fsp3) is 0.412. The minimum Gasteiger partial charge on any atom is -0.497 e. The average Bonchev–Trinajstić information content (AvgIpc) is 3.14. The van der Waals surface area contributed by atoms with Gasteiger partial charge in [-0.25, -0.2) is 9.67 Å². The second kappa shape index (κ2) is 9.90. The Hall–Kier alpha value is -1.37. The van der Waals surface area contributed by atoms with E-state index in [1.807, 2.05) is 29.8 Å². The van der Waals surface area contributed by atoms with Crippen molar-refractivity contribution in [3.63, 3.8) is 0 Å². The van der Waals surface area contributed by atoms with Crippen LogP contribution >= 0.6 is 42.0 Å². The molecule has 28 heavy (non-hydrogen) atoms. The van der Waals surface area contributed by atoms with Crippen LogP contribution in [-0.4, -0.2) is 36.7 Å². The van der Waals surface area contributed by atoms with Crippen LogP contribution in [0.25, 0.3) is 0 Å². The molecule has 1 atom stereocenters. The molecule has 0 fully saturated rings. The molecule has 2 aromatic rings. The molecule has 0 aliphatic carbocycles. The molecular weight excluding hydrogens is 517 g/mol. The van der Waals surface area contributed by atoms with Crippen LogP contribution in [0.3, 0.4) is 0 Å². The van der Waals surface area contributed by atoms with E-state index in [4.69, 9.17) is 25.3 Å². The smallest absolute Gasteiger partial charge is 0.247 e. The van der Waals surface area contributed by atoms with Crippen molar-refractivity contribution in [2.45, 2.75) is 26.1 Å². The van der Waals surface area contributed by atoms with Crippen LogP contribution in [0.2, 0.25) is 5.15 Å². The van der Waals surface area contributed by atoms with E-state index in [1.165, 1.54) is 9.21 Å². The van der Waals surface area contributed by atoms with Crippen molar-refractivity contribution >= 4 is 47.8 Å². The Labute approximate surface area is 184 Å². The maximum Gasteiger partial charge on any atom is 0.247 e. The van der Waals surface area contributed by atoms with Crippen molar-refractivity contribution < 1.29 is 13.7 Å². The number of halogens is 2. The van der Waals surface area contributed by atoms with E-state index >= 15 is 0 Å². The Bertz CT molecular complexity index is 911. The Morgan fingerprint density at radius 1 is 1.36 bits per heavy atom. The van der Waals surface area contributed by atoms with E-state index in [9.17, 15) is 0 Å². The van der Waals surface area contributed by atoms with Gasteiger partial charge in [0, 0.05) is 44.8 Å². The number of benzene rings is 1. The molecule has 0 saturated heterocycles. The van der Waals surface area contributed by atoms with Crippen molar-refractivity contribution in [2.24, 2.45) is 4.99 Å². The lowest BCUT2D eigenvalue weighted by molar-refractivity contribution is 0.361. The van der Waals surface area contributed by atoms with E-state index in [0.29, 0.717) is 29.7 Å². The molecule has 0 radical (unpaired) electrons. The Balaban J connectivity index is 1.88. The summed E-state index contributed by atoms with van der Waals surface area (Å²) in [6.45, 7) is 2.92. The molecule has 2 heterocycles. The van der Waals surface area contributed by atoms with E-state index in [-0.39, 0.29) is 6.17 Å². The van der Waals surface area contributed by atoms with Crippen LogP contribution < -0.4 is 25.8 Å². The van der Waals surface area contributed by atoms with Gasteiger partial charge < -0.3 is 19.0 Å². The van der Waals surface area contributed by atoms with Crippen molar-refractivity contribution in [3.05, 3.63) is 40.1 Å². The lowest BCUT2D eigenvalue weighted by Gasteiger charge is -2.11. The normalized spacial score (nSPS) is 15.8. The van der Waals surface area contributed by atoms with Gasteiger partial charge in [-0.1, -0.05) is 11.6 Å². The molecule has 1 aliphatic rings. The lowest BCUT2D eigenvalue weighted by atomic mass is 10.2. The third-order valence-electron chi connectivity index (χ3n) is 4.30. The SMILES string of the molecule is COc1ccc(CN=c2nc(Cl)c(C)c3n2NC(CCOSI)N3)c(OC)c1. The van der Waals surface area contributed by atoms with Gasteiger partial charge in [-0.2, -0.15) is 4.98 Å².